The Hall–Kier alpha value is -6.92. The number of anilines is 2. The molecule has 0 spiro atoms. The van der Waals surface area contributed by atoms with Crippen LogP contribution in [0.15, 0.2) is 110 Å². The number of hydrogen-bond donors (Lipinski definition) is 2. The number of rotatable bonds is 7. The molecule has 6 aromatic rings. The lowest BCUT2D eigenvalue weighted by molar-refractivity contribution is -0.138. The third kappa shape index (κ3) is 10.6. The standard InChI is InChI=1S/C24H24F4N4O2.C22H18F4N4O/c1-23(2,3)34-22(33)32-12-18(25)19(13-32)29-21-17-7-5-4-6-16(17)20(30-31-21)14-8-10-15(11-9-14)24(26,27)28;1-2-19(31)30-11-17(23)18(12-30)27-21-16-6-4-3-5-15(16)20(28-29-21)13-7-9-14(10-8-13)22(24,25)26/h4-11,18-19H,12-13H2,1-3H3,(H,29,31);2-10,17-18H,1,11-12H2,(H,27,29)/t18-,19+;17-,18+/m00/s1. The molecule has 2 saturated heterocycles. The van der Waals surface area contributed by atoms with Crippen LogP contribution in [-0.4, -0.2) is 98.4 Å². The number of likely N-dealkylation sites (tertiary alicyclic amines) is 2. The molecule has 4 atom stereocenters. The Morgan fingerprint density at radius 1 is 0.600 bits per heavy atom. The molecule has 0 unspecified atom stereocenters. The van der Waals surface area contributed by atoms with Crippen molar-refractivity contribution >= 4 is 45.2 Å². The number of ether oxygens (including phenoxy) is 1. The van der Waals surface area contributed by atoms with E-state index in [1.54, 1.807) is 69.3 Å². The summed E-state index contributed by atoms with van der Waals surface area (Å²) < 4.78 is 112. The highest BCUT2D eigenvalue weighted by molar-refractivity contribution is 6.01. The van der Waals surface area contributed by atoms with Crippen LogP contribution < -0.4 is 10.6 Å². The number of carbonyl (C=O) groups is 2. The third-order valence-electron chi connectivity index (χ3n) is 10.6. The minimum absolute atomic E-state index is 0.0441. The molecule has 4 heterocycles. The average molecular weight is 907 g/mol. The summed E-state index contributed by atoms with van der Waals surface area (Å²) in [4.78, 5) is 26.8. The molecular weight excluding hydrogens is 865 g/mol. The maximum absolute atomic E-state index is 14.7. The molecule has 65 heavy (non-hydrogen) atoms. The zero-order valence-corrected chi connectivity index (χ0v) is 35.1. The zero-order valence-electron chi connectivity index (χ0n) is 35.1. The van der Waals surface area contributed by atoms with Crippen molar-refractivity contribution in [2.75, 3.05) is 36.8 Å². The highest BCUT2D eigenvalue weighted by Gasteiger charge is 2.39. The van der Waals surface area contributed by atoms with E-state index >= 15 is 0 Å². The molecule has 2 fully saturated rings. The molecule has 19 heteroatoms. The van der Waals surface area contributed by atoms with Gasteiger partial charge in [-0.15, -0.1) is 20.4 Å². The Balaban J connectivity index is 0.000000195. The van der Waals surface area contributed by atoms with Crippen molar-refractivity contribution in [3.8, 4) is 22.5 Å². The van der Waals surface area contributed by atoms with Gasteiger partial charge in [0.1, 0.15) is 29.3 Å². The quantitative estimate of drug-likeness (QED) is 0.119. The minimum Gasteiger partial charge on any atom is -0.444 e. The normalized spacial score (nSPS) is 18.9. The van der Waals surface area contributed by atoms with Crippen molar-refractivity contribution in [2.24, 2.45) is 0 Å². The highest BCUT2D eigenvalue weighted by Crippen LogP contribution is 2.36. The van der Waals surface area contributed by atoms with E-state index in [2.05, 4.69) is 37.6 Å². The lowest BCUT2D eigenvalue weighted by Crippen LogP contribution is -2.36. The summed E-state index contributed by atoms with van der Waals surface area (Å²) in [5.41, 5.74) is -0.407. The molecule has 0 radical (unpaired) electrons. The Morgan fingerprint density at radius 3 is 1.37 bits per heavy atom. The van der Waals surface area contributed by atoms with E-state index in [1.807, 2.05) is 0 Å². The topological polar surface area (TPSA) is 125 Å². The van der Waals surface area contributed by atoms with Gasteiger partial charge in [0, 0.05) is 45.8 Å². The van der Waals surface area contributed by atoms with E-state index in [4.69, 9.17) is 4.74 Å². The Kier molecular flexibility index (Phi) is 13.0. The van der Waals surface area contributed by atoms with Crippen LogP contribution in [-0.2, 0) is 21.9 Å². The number of halogens is 8. The van der Waals surface area contributed by atoms with Crippen LogP contribution in [0.1, 0.15) is 31.9 Å². The molecular formula is C46H42F8N8O3. The molecule has 2 amide bonds. The smallest absolute Gasteiger partial charge is 0.416 e. The van der Waals surface area contributed by atoms with Gasteiger partial charge in [-0.3, -0.25) is 4.79 Å². The van der Waals surface area contributed by atoms with Gasteiger partial charge in [0.15, 0.2) is 11.6 Å². The molecule has 2 aromatic heterocycles. The van der Waals surface area contributed by atoms with Gasteiger partial charge in [-0.2, -0.15) is 26.3 Å². The molecule has 0 saturated carbocycles. The Morgan fingerprint density at radius 2 is 0.985 bits per heavy atom. The monoisotopic (exact) mass is 906 g/mol. The fourth-order valence-corrected chi connectivity index (χ4v) is 7.42. The maximum atomic E-state index is 14.7. The molecule has 2 aliphatic rings. The van der Waals surface area contributed by atoms with E-state index < -0.39 is 59.6 Å². The minimum atomic E-state index is -4.43. The summed E-state index contributed by atoms with van der Waals surface area (Å²) in [7, 11) is 0. The average Bonchev–Trinajstić information content (AvgIpc) is 3.83. The third-order valence-corrected chi connectivity index (χ3v) is 10.6. The van der Waals surface area contributed by atoms with Gasteiger partial charge in [-0.25, -0.2) is 13.6 Å². The maximum Gasteiger partial charge on any atom is 0.416 e. The number of amides is 2. The summed E-state index contributed by atoms with van der Waals surface area (Å²) >= 11 is 0. The predicted octanol–water partition coefficient (Wildman–Crippen LogP) is 10.1. The van der Waals surface area contributed by atoms with Crippen LogP contribution in [0.5, 0.6) is 0 Å². The van der Waals surface area contributed by atoms with Crippen molar-refractivity contribution in [1.29, 1.82) is 0 Å². The second-order valence-corrected chi connectivity index (χ2v) is 16.4. The van der Waals surface area contributed by atoms with Gasteiger partial charge in [-0.1, -0.05) is 79.4 Å². The van der Waals surface area contributed by atoms with Crippen molar-refractivity contribution in [3.05, 3.63) is 121 Å². The van der Waals surface area contributed by atoms with E-state index in [-0.39, 0.29) is 32.1 Å². The molecule has 2 N–H and O–H groups in total. The summed E-state index contributed by atoms with van der Waals surface area (Å²) in [6, 6.07) is 22.2. The summed E-state index contributed by atoms with van der Waals surface area (Å²) in [6.07, 6.45) is -10.9. The summed E-state index contributed by atoms with van der Waals surface area (Å²) in [5.74, 6) is 0.317. The Bertz CT molecular complexity index is 2690. The molecule has 0 bridgehead atoms. The number of nitrogens with zero attached hydrogens (tertiary/aromatic N) is 6. The largest absolute Gasteiger partial charge is 0.444 e. The van der Waals surface area contributed by atoms with Crippen LogP contribution in [0.25, 0.3) is 44.1 Å². The number of benzene rings is 4. The number of fused-ring (bicyclic) bond motifs is 2. The second-order valence-electron chi connectivity index (χ2n) is 16.4. The van der Waals surface area contributed by atoms with E-state index in [0.717, 1.165) is 30.3 Å². The molecule has 8 rings (SSSR count). The number of nitrogens with one attached hydrogen (secondary N) is 2. The first kappa shape index (κ1) is 46.1. The number of carbonyl (C=O) groups excluding carboxylic acids is 2. The van der Waals surface area contributed by atoms with Gasteiger partial charge in [0.2, 0.25) is 5.91 Å². The van der Waals surface area contributed by atoms with E-state index in [9.17, 15) is 44.7 Å². The molecule has 2 aliphatic heterocycles. The van der Waals surface area contributed by atoms with Crippen molar-refractivity contribution in [3.63, 3.8) is 0 Å². The zero-order chi connectivity index (χ0) is 46.8. The lowest BCUT2D eigenvalue weighted by atomic mass is 10.0. The Labute approximate surface area is 367 Å². The summed E-state index contributed by atoms with van der Waals surface area (Å²) in [6.45, 7) is 8.73. The molecule has 11 nitrogen and oxygen atoms in total. The van der Waals surface area contributed by atoms with Gasteiger partial charge in [0.05, 0.1) is 36.3 Å². The van der Waals surface area contributed by atoms with Crippen LogP contribution in [0.2, 0.25) is 0 Å². The van der Waals surface area contributed by atoms with Crippen LogP contribution in [0.3, 0.4) is 0 Å². The van der Waals surface area contributed by atoms with Crippen molar-refractivity contribution < 1.29 is 49.4 Å². The fourth-order valence-electron chi connectivity index (χ4n) is 7.42. The van der Waals surface area contributed by atoms with E-state index in [1.165, 1.54) is 34.1 Å². The first-order valence-electron chi connectivity index (χ1n) is 20.3. The first-order valence-corrected chi connectivity index (χ1v) is 20.3. The molecule has 0 aliphatic carbocycles. The number of aromatic nitrogens is 4. The van der Waals surface area contributed by atoms with Gasteiger partial charge in [-0.05, 0) is 51.1 Å². The lowest BCUT2D eigenvalue weighted by Gasteiger charge is -2.24. The van der Waals surface area contributed by atoms with Gasteiger partial charge < -0.3 is 25.2 Å². The van der Waals surface area contributed by atoms with Crippen LogP contribution >= 0.6 is 0 Å². The predicted molar refractivity (Wildman–Crippen MR) is 229 cm³/mol. The molecule has 4 aromatic carbocycles. The van der Waals surface area contributed by atoms with Gasteiger partial charge in [0.25, 0.3) is 0 Å². The second kappa shape index (κ2) is 18.3. The van der Waals surface area contributed by atoms with Crippen molar-refractivity contribution in [2.45, 2.75) is 63.2 Å². The van der Waals surface area contributed by atoms with Crippen LogP contribution in [0, 0.1) is 0 Å². The summed E-state index contributed by atoms with van der Waals surface area (Å²) in [5, 5.41) is 25.4. The number of hydrogen-bond acceptors (Lipinski definition) is 9. The van der Waals surface area contributed by atoms with Crippen molar-refractivity contribution in [1.82, 2.24) is 30.2 Å². The highest BCUT2D eigenvalue weighted by atomic mass is 19.4. The van der Waals surface area contributed by atoms with E-state index in [0.29, 0.717) is 55.7 Å². The van der Waals surface area contributed by atoms with Crippen LogP contribution in [0.4, 0.5) is 51.6 Å². The SMILES string of the molecule is C=CC(=O)N1C[C@H](F)[C@H](Nc2nnc(-c3ccc(C(F)(F)F)cc3)c3ccccc23)C1.CC(C)(C)OC(=O)N1C[C@H](F)[C@H](Nc2nnc(-c3ccc(C(F)(F)F)cc3)c3ccccc23)C1. The molecule has 340 valence electrons. The van der Waals surface area contributed by atoms with Gasteiger partial charge >= 0.3 is 18.4 Å². The fraction of sp³-hybridized carbons (Fsp3) is 0.304. The number of alkyl halides is 8. The first-order chi connectivity index (χ1) is 30.7.